The zero-order chi connectivity index (χ0) is 14.5. The van der Waals surface area contributed by atoms with E-state index < -0.39 is 0 Å². The minimum Gasteiger partial charge on any atom is -0.493 e. The molecule has 118 valence electrons. The molecule has 5 heteroatoms. The smallest absolute Gasteiger partial charge is 0.226 e. The van der Waals surface area contributed by atoms with Gasteiger partial charge in [0.15, 0.2) is 0 Å². The number of rotatable bonds is 5. The Morgan fingerprint density at radius 2 is 2.19 bits per heavy atom. The SMILES string of the molecule is Cc1ccc(OCCC(=O)N2CCC(CN)C2)c(C)c1.Cl. The van der Waals surface area contributed by atoms with Crippen LogP contribution in [0.1, 0.15) is 24.0 Å². The largest absolute Gasteiger partial charge is 0.493 e. The quantitative estimate of drug-likeness (QED) is 0.907. The molecule has 0 radical (unpaired) electrons. The van der Waals surface area contributed by atoms with Gasteiger partial charge in [0.05, 0.1) is 13.0 Å². The van der Waals surface area contributed by atoms with Gasteiger partial charge in [-0.3, -0.25) is 4.79 Å². The Balaban J connectivity index is 0.00000220. The average Bonchev–Trinajstić information content (AvgIpc) is 2.90. The summed E-state index contributed by atoms with van der Waals surface area (Å²) < 4.78 is 5.70. The highest BCUT2D eigenvalue weighted by Gasteiger charge is 2.24. The normalized spacial score (nSPS) is 17.5. The van der Waals surface area contributed by atoms with Gasteiger partial charge in [0.1, 0.15) is 5.75 Å². The number of aryl methyl sites for hydroxylation is 2. The molecular weight excluding hydrogens is 288 g/mol. The van der Waals surface area contributed by atoms with Crippen LogP contribution in [-0.4, -0.2) is 37.0 Å². The number of likely N-dealkylation sites (tertiary alicyclic amines) is 1. The van der Waals surface area contributed by atoms with E-state index >= 15 is 0 Å². The van der Waals surface area contributed by atoms with E-state index in [-0.39, 0.29) is 18.3 Å². The van der Waals surface area contributed by atoms with Gasteiger partial charge in [0.2, 0.25) is 5.91 Å². The van der Waals surface area contributed by atoms with Crippen LogP contribution in [0.2, 0.25) is 0 Å². The molecule has 2 N–H and O–H groups in total. The molecule has 21 heavy (non-hydrogen) atoms. The molecule has 1 atom stereocenters. The van der Waals surface area contributed by atoms with E-state index in [2.05, 4.69) is 13.0 Å². The van der Waals surface area contributed by atoms with Crippen molar-refractivity contribution in [2.24, 2.45) is 11.7 Å². The predicted octanol–water partition coefficient (Wildman–Crippen LogP) is 2.30. The number of hydrogen-bond acceptors (Lipinski definition) is 3. The van der Waals surface area contributed by atoms with Crippen LogP contribution in [0.3, 0.4) is 0 Å². The lowest BCUT2D eigenvalue weighted by Crippen LogP contribution is -2.30. The molecular formula is C16H25ClN2O2. The molecule has 1 aliphatic rings. The molecule has 1 aliphatic heterocycles. The van der Waals surface area contributed by atoms with Crippen LogP contribution in [0, 0.1) is 19.8 Å². The zero-order valence-electron chi connectivity index (χ0n) is 12.8. The van der Waals surface area contributed by atoms with Crippen LogP contribution in [0.15, 0.2) is 18.2 Å². The second kappa shape index (κ2) is 8.25. The van der Waals surface area contributed by atoms with Crippen molar-refractivity contribution in [1.82, 2.24) is 4.90 Å². The fraction of sp³-hybridized carbons (Fsp3) is 0.562. The number of ether oxygens (including phenoxy) is 1. The minimum absolute atomic E-state index is 0. The number of benzene rings is 1. The Hall–Kier alpha value is -1.26. The van der Waals surface area contributed by atoms with Crippen molar-refractivity contribution in [3.05, 3.63) is 29.3 Å². The Bertz CT molecular complexity index is 479. The maximum absolute atomic E-state index is 12.0. The summed E-state index contributed by atoms with van der Waals surface area (Å²) in [5.74, 6) is 1.51. The van der Waals surface area contributed by atoms with Gasteiger partial charge >= 0.3 is 0 Å². The van der Waals surface area contributed by atoms with E-state index in [1.807, 2.05) is 24.0 Å². The first kappa shape index (κ1) is 17.8. The second-order valence-corrected chi connectivity index (χ2v) is 5.60. The molecule has 1 aromatic carbocycles. The number of carbonyl (C=O) groups is 1. The molecule has 0 spiro atoms. The zero-order valence-corrected chi connectivity index (χ0v) is 13.6. The van der Waals surface area contributed by atoms with Gasteiger partial charge in [-0.15, -0.1) is 12.4 Å². The summed E-state index contributed by atoms with van der Waals surface area (Å²) in [4.78, 5) is 13.9. The van der Waals surface area contributed by atoms with Crippen molar-refractivity contribution < 1.29 is 9.53 Å². The maximum atomic E-state index is 12.0. The lowest BCUT2D eigenvalue weighted by Gasteiger charge is -2.16. The average molecular weight is 313 g/mol. The lowest BCUT2D eigenvalue weighted by molar-refractivity contribution is -0.130. The standard InChI is InChI=1S/C16H24N2O2.ClH/c1-12-3-4-15(13(2)9-12)20-8-6-16(19)18-7-5-14(10-17)11-18;/h3-4,9,14H,5-8,10-11,17H2,1-2H3;1H. The van der Waals surface area contributed by atoms with Crippen molar-refractivity contribution >= 4 is 18.3 Å². The summed E-state index contributed by atoms with van der Waals surface area (Å²) in [6.07, 6.45) is 1.46. The Morgan fingerprint density at radius 1 is 1.43 bits per heavy atom. The Morgan fingerprint density at radius 3 is 2.81 bits per heavy atom. The van der Waals surface area contributed by atoms with Crippen LogP contribution in [-0.2, 0) is 4.79 Å². The Labute approximate surface area is 133 Å². The summed E-state index contributed by atoms with van der Waals surface area (Å²) in [5.41, 5.74) is 7.97. The molecule has 1 aromatic rings. The number of carbonyl (C=O) groups excluding carboxylic acids is 1. The third kappa shape index (κ3) is 4.90. The number of nitrogens with two attached hydrogens (primary N) is 1. The molecule has 1 fully saturated rings. The molecule has 0 bridgehead atoms. The van der Waals surface area contributed by atoms with Gasteiger partial charge in [0, 0.05) is 13.1 Å². The molecule has 0 aromatic heterocycles. The van der Waals surface area contributed by atoms with Crippen molar-refractivity contribution in [2.45, 2.75) is 26.7 Å². The third-order valence-electron chi connectivity index (χ3n) is 3.88. The van der Waals surface area contributed by atoms with Gasteiger partial charge in [0.25, 0.3) is 0 Å². The van der Waals surface area contributed by atoms with E-state index in [4.69, 9.17) is 10.5 Å². The van der Waals surface area contributed by atoms with Crippen molar-refractivity contribution in [3.63, 3.8) is 0 Å². The van der Waals surface area contributed by atoms with Crippen molar-refractivity contribution in [2.75, 3.05) is 26.2 Å². The summed E-state index contributed by atoms with van der Waals surface area (Å²) in [5, 5.41) is 0. The van der Waals surface area contributed by atoms with Crippen molar-refractivity contribution in [3.8, 4) is 5.75 Å². The molecule has 0 aliphatic carbocycles. The predicted molar refractivity (Wildman–Crippen MR) is 87.0 cm³/mol. The van der Waals surface area contributed by atoms with Crippen LogP contribution in [0.4, 0.5) is 0 Å². The first-order valence-electron chi connectivity index (χ1n) is 7.28. The van der Waals surface area contributed by atoms with E-state index in [0.29, 0.717) is 25.5 Å². The number of hydrogen-bond donors (Lipinski definition) is 1. The van der Waals surface area contributed by atoms with Crippen LogP contribution < -0.4 is 10.5 Å². The highest BCUT2D eigenvalue weighted by atomic mass is 35.5. The van der Waals surface area contributed by atoms with Crippen molar-refractivity contribution in [1.29, 1.82) is 0 Å². The van der Waals surface area contributed by atoms with E-state index in [1.165, 1.54) is 5.56 Å². The minimum atomic E-state index is 0. The summed E-state index contributed by atoms with van der Waals surface area (Å²) in [6, 6.07) is 6.08. The van der Waals surface area contributed by atoms with Gasteiger partial charge in [-0.25, -0.2) is 0 Å². The second-order valence-electron chi connectivity index (χ2n) is 5.60. The third-order valence-corrected chi connectivity index (χ3v) is 3.88. The lowest BCUT2D eigenvalue weighted by atomic mass is 10.1. The highest BCUT2D eigenvalue weighted by molar-refractivity contribution is 5.85. The van der Waals surface area contributed by atoms with Gasteiger partial charge < -0.3 is 15.4 Å². The highest BCUT2D eigenvalue weighted by Crippen LogP contribution is 2.19. The van der Waals surface area contributed by atoms with Crippen LogP contribution in [0.5, 0.6) is 5.75 Å². The summed E-state index contributed by atoms with van der Waals surface area (Å²) >= 11 is 0. The fourth-order valence-corrected chi connectivity index (χ4v) is 2.62. The number of nitrogens with zero attached hydrogens (tertiary/aromatic N) is 1. The van der Waals surface area contributed by atoms with Crippen LogP contribution in [0.25, 0.3) is 0 Å². The molecule has 1 saturated heterocycles. The molecule has 0 saturated carbocycles. The first-order valence-corrected chi connectivity index (χ1v) is 7.28. The molecule has 1 heterocycles. The van der Waals surface area contributed by atoms with Crippen LogP contribution >= 0.6 is 12.4 Å². The number of amides is 1. The molecule has 1 amide bonds. The van der Waals surface area contributed by atoms with Gasteiger partial charge in [-0.1, -0.05) is 17.7 Å². The molecule has 2 rings (SSSR count). The van der Waals surface area contributed by atoms with Gasteiger partial charge in [-0.05, 0) is 44.4 Å². The molecule has 1 unspecified atom stereocenters. The monoisotopic (exact) mass is 312 g/mol. The first-order chi connectivity index (χ1) is 9.60. The Kier molecular flexibility index (Phi) is 6.99. The number of halogens is 1. The summed E-state index contributed by atoms with van der Waals surface area (Å²) in [7, 11) is 0. The topological polar surface area (TPSA) is 55.6 Å². The van der Waals surface area contributed by atoms with Gasteiger partial charge in [-0.2, -0.15) is 0 Å². The maximum Gasteiger partial charge on any atom is 0.226 e. The summed E-state index contributed by atoms with van der Waals surface area (Å²) in [6.45, 7) is 6.83. The fourth-order valence-electron chi connectivity index (χ4n) is 2.62. The van der Waals surface area contributed by atoms with E-state index in [0.717, 1.165) is 30.8 Å². The van der Waals surface area contributed by atoms with E-state index in [1.54, 1.807) is 0 Å². The van der Waals surface area contributed by atoms with E-state index in [9.17, 15) is 4.79 Å². The molecule has 4 nitrogen and oxygen atoms in total.